The molecule has 0 N–H and O–H groups in total. The lowest BCUT2D eigenvalue weighted by Crippen LogP contribution is -2.21. The van der Waals surface area contributed by atoms with E-state index in [1.54, 1.807) is 17.6 Å². The number of sulfone groups is 1. The molecule has 1 aliphatic heterocycles. The molecular formula is C20H15NO5S2. The summed E-state index contributed by atoms with van der Waals surface area (Å²) >= 11 is 1.49. The summed E-state index contributed by atoms with van der Waals surface area (Å²) in [5.74, 6) is -1.01. The second kappa shape index (κ2) is 6.96. The van der Waals surface area contributed by atoms with Crippen molar-refractivity contribution >= 4 is 32.9 Å². The van der Waals surface area contributed by atoms with Crippen molar-refractivity contribution in [2.45, 2.75) is 23.1 Å². The standard InChI is InChI=1S/C20H15NO5S2/c1-12-16(27-11-21-12)8-9-26-20(23)13-6-7-15-18(10-13)28(24,25)17-5-3-2-4-14(17)19(15)22/h2-7,10-11H,8-9H2,1H3. The molecule has 0 spiro atoms. The molecule has 0 unspecified atom stereocenters. The highest BCUT2D eigenvalue weighted by Crippen LogP contribution is 2.34. The first-order valence-electron chi connectivity index (χ1n) is 8.48. The first-order chi connectivity index (χ1) is 13.4. The van der Waals surface area contributed by atoms with Gasteiger partial charge in [0.05, 0.1) is 33.2 Å². The fourth-order valence-electron chi connectivity index (χ4n) is 3.10. The number of esters is 1. The molecule has 2 heterocycles. The Morgan fingerprint density at radius 3 is 2.61 bits per heavy atom. The number of nitrogens with zero attached hydrogens (tertiary/aromatic N) is 1. The maximum absolute atomic E-state index is 12.9. The van der Waals surface area contributed by atoms with E-state index in [9.17, 15) is 18.0 Å². The van der Waals surface area contributed by atoms with Crippen LogP contribution in [0.5, 0.6) is 0 Å². The molecule has 3 aromatic rings. The normalized spacial score (nSPS) is 14.2. The third-order valence-electron chi connectivity index (χ3n) is 4.58. The molecule has 28 heavy (non-hydrogen) atoms. The second-order valence-corrected chi connectivity index (χ2v) is 9.11. The van der Waals surface area contributed by atoms with Crippen LogP contribution in [-0.4, -0.2) is 31.8 Å². The van der Waals surface area contributed by atoms with Gasteiger partial charge in [-0.1, -0.05) is 12.1 Å². The molecular weight excluding hydrogens is 398 g/mol. The van der Waals surface area contributed by atoms with Crippen LogP contribution < -0.4 is 0 Å². The summed E-state index contributed by atoms with van der Waals surface area (Å²) in [6.45, 7) is 2.05. The Morgan fingerprint density at radius 1 is 1.11 bits per heavy atom. The Hall–Kier alpha value is -2.84. The predicted octanol–water partition coefficient (Wildman–Crippen LogP) is 3.23. The first kappa shape index (κ1) is 18.5. The van der Waals surface area contributed by atoms with Crippen molar-refractivity contribution in [3.8, 4) is 0 Å². The number of aromatic nitrogens is 1. The van der Waals surface area contributed by atoms with Crippen molar-refractivity contribution in [2.24, 2.45) is 0 Å². The van der Waals surface area contributed by atoms with Gasteiger partial charge in [-0.15, -0.1) is 11.3 Å². The van der Waals surface area contributed by atoms with Gasteiger partial charge in [-0.2, -0.15) is 0 Å². The average molecular weight is 413 g/mol. The van der Waals surface area contributed by atoms with Crippen molar-refractivity contribution in [1.29, 1.82) is 0 Å². The lowest BCUT2D eigenvalue weighted by molar-refractivity contribution is 0.0509. The molecule has 0 fully saturated rings. The third-order valence-corrected chi connectivity index (χ3v) is 7.43. The van der Waals surface area contributed by atoms with Gasteiger partial charge in [-0.25, -0.2) is 18.2 Å². The molecule has 1 aromatic heterocycles. The molecule has 1 aliphatic rings. The van der Waals surface area contributed by atoms with E-state index in [0.717, 1.165) is 10.6 Å². The van der Waals surface area contributed by atoms with Crippen LogP contribution in [0.3, 0.4) is 0 Å². The number of ketones is 1. The minimum atomic E-state index is -3.89. The van der Waals surface area contributed by atoms with Crippen LogP contribution in [0.2, 0.25) is 0 Å². The molecule has 0 amide bonds. The highest BCUT2D eigenvalue weighted by molar-refractivity contribution is 7.91. The maximum atomic E-state index is 12.9. The number of carbonyl (C=O) groups excluding carboxylic acids is 2. The summed E-state index contributed by atoms with van der Waals surface area (Å²) in [6, 6.07) is 10.1. The third kappa shape index (κ3) is 3.04. The lowest BCUT2D eigenvalue weighted by Gasteiger charge is -2.19. The average Bonchev–Trinajstić information content (AvgIpc) is 3.11. The Kier molecular flexibility index (Phi) is 4.60. The van der Waals surface area contributed by atoms with Crippen molar-refractivity contribution < 1.29 is 22.7 Å². The fraction of sp³-hybridized carbons (Fsp3) is 0.150. The van der Waals surface area contributed by atoms with E-state index in [0.29, 0.717) is 6.42 Å². The number of ether oxygens (including phenoxy) is 1. The van der Waals surface area contributed by atoms with Gasteiger partial charge in [0, 0.05) is 22.4 Å². The Bertz CT molecular complexity index is 1210. The lowest BCUT2D eigenvalue weighted by atomic mass is 10.0. The summed E-state index contributed by atoms with van der Waals surface area (Å²) in [7, 11) is -3.89. The summed E-state index contributed by atoms with van der Waals surface area (Å²) in [5, 5.41) is 0. The zero-order valence-corrected chi connectivity index (χ0v) is 16.5. The van der Waals surface area contributed by atoms with Crippen molar-refractivity contribution in [3.05, 3.63) is 75.2 Å². The number of thiazole rings is 1. The minimum absolute atomic E-state index is 0.0429. The largest absolute Gasteiger partial charge is 0.462 e. The molecule has 4 rings (SSSR count). The zero-order valence-electron chi connectivity index (χ0n) is 14.8. The molecule has 6 nitrogen and oxygen atoms in total. The van der Waals surface area contributed by atoms with Gasteiger partial charge in [0.15, 0.2) is 5.78 Å². The quantitative estimate of drug-likeness (QED) is 0.477. The number of carbonyl (C=O) groups is 2. The minimum Gasteiger partial charge on any atom is -0.462 e. The molecule has 0 aliphatic carbocycles. The molecule has 142 valence electrons. The highest BCUT2D eigenvalue weighted by atomic mass is 32.2. The Morgan fingerprint density at radius 2 is 1.86 bits per heavy atom. The Balaban J connectivity index is 1.60. The maximum Gasteiger partial charge on any atom is 0.338 e. The monoisotopic (exact) mass is 413 g/mol. The van der Waals surface area contributed by atoms with Crippen molar-refractivity contribution in [2.75, 3.05) is 6.61 Å². The number of rotatable bonds is 4. The van der Waals surface area contributed by atoms with E-state index in [1.165, 1.54) is 41.7 Å². The van der Waals surface area contributed by atoms with Gasteiger partial charge in [-0.05, 0) is 37.3 Å². The second-order valence-electron chi connectivity index (χ2n) is 6.29. The molecule has 0 saturated carbocycles. The summed E-state index contributed by atoms with van der Waals surface area (Å²) < 4.78 is 31.1. The molecule has 0 atom stereocenters. The van der Waals surface area contributed by atoms with Crippen LogP contribution in [-0.2, 0) is 21.0 Å². The zero-order chi connectivity index (χ0) is 19.9. The number of aryl methyl sites for hydroxylation is 1. The smallest absolute Gasteiger partial charge is 0.338 e. The van der Waals surface area contributed by atoms with Crippen LogP contribution >= 0.6 is 11.3 Å². The van der Waals surface area contributed by atoms with E-state index in [1.807, 2.05) is 6.92 Å². The highest BCUT2D eigenvalue weighted by Gasteiger charge is 2.35. The molecule has 8 heteroatoms. The Labute approximate surface area is 165 Å². The van der Waals surface area contributed by atoms with E-state index >= 15 is 0 Å². The van der Waals surface area contributed by atoms with Gasteiger partial charge in [-0.3, -0.25) is 4.79 Å². The molecule has 0 bridgehead atoms. The number of hydrogen-bond donors (Lipinski definition) is 0. The van der Waals surface area contributed by atoms with Gasteiger partial charge >= 0.3 is 5.97 Å². The van der Waals surface area contributed by atoms with E-state index in [2.05, 4.69) is 4.98 Å². The van der Waals surface area contributed by atoms with Gasteiger partial charge in [0.2, 0.25) is 9.84 Å². The number of hydrogen-bond acceptors (Lipinski definition) is 7. The molecule has 0 saturated heterocycles. The first-order valence-corrected chi connectivity index (χ1v) is 10.8. The topological polar surface area (TPSA) is 90.4 Å². The predicted molar refractivity (Wildman–Crippen MR) is 103 cm³/mol. The van der Waals surface area contributed by atoms with Crippen LogP contribution in [0.4, 0.5) is 0 Å². The summed E-state index contributed by atoms with van der Waals surface area (Å²) in [5.41, 5.74) is 2.93. The SMILES string of the molecule is Cc1ncsc1CCOC(=O)c1ccc2c(c1)S(=O)(=O)c1ccccc1C2=O. The van der Waals surface area contributed by atoms with E-state index in [4.69, 9.17) is 4.74 Å². The number of fused-ring (bicyclic) bond motifs is 2. The van der Waals surface area contributed by atoms with Gasteiger partial charge in [0.25, 0.3) is 0 Å². The van der Waals surface area contributed by atoms with Crippen LogP contribution in [0.1, 0.15) is 36.9 Å². The summed E-state index contributed by atoms with van der Waals surface area (Å²) in [4.78, 5) is 30.0. The summed E-state index contributed by atoms with van der Waals surface area (Å²) in [6.07, 6.45) is 0.539. The van der Waals surface area contributed by atoms with Crippen LogP contribution in [0.15, 0.2) is 57.8 Å². The van der Waals surface area contributed by atoms with Crippen molar-refractivity contribution in [1.82, 2.24) is 4.98 Å². The molecule has 2 aromatic carbocycles. The molecule has 0 radical (unpaired) electrons. The van der Waals surface area contributed by atoms with Gasteiger partial charge < -0.3 is 4.74 Å². The van der Waals surface area contributed by atoms with E-state index in [-0.39, 0.29) is 38.9 Å². The number of benzene rings is 2. The van der Waals surface area contributed by atoms with E-state index < -0.39 is 15.8 Å². The van der Waals surface area contributed by atoms with Crippen molar-refractivity contribution in [3.63, 3.8) is 0 Å². The van der Waals surface area contributed by atoms with Crippen LogP contribution in [0.25, 0.3) is 0 Å². The fourth-order valence-corrected chi connectivity index (χ4v) is 5.54. The van der Waals surface area contributed by atoms with Crippen LogP contribution in [0, 0.1) is 6.92 Å². The van der Waals surface area contributed by atoms with Gasteiger partial charge in [0.1, 0.15) is 0 Å².